The van der Waals surface area contributed by atoms with Crippen LogP contribution in [0.15, 0.2) is 0 Å². The van der Waals surface area contributed by atoms with Crippen LogP contribution in [0.4, 0.5) is 0 Å². The Morgan fingerprint density at radius 2 is 1.90 bits per heavy atom. The molecule has 1 aliphatic carbocycles. The number of aliphatic hydroxyl groups excluding tert-OH is 1. The molecule has 3 nitrogen and oxygen atoms in total. The van der Waals surface area contributed by atoms with Gasteiger partial charge < -0.3 is 5.11 Å². The van der Waals surface area contributed by atoms with Gasteiger partial charge in [-0.15, -0.1) is 0 Å². The van der Waals surface area contributed by atoms with Crippen LogP contribution in [0.5, 0.6) is 0 Å². The van der Waals surface area contributed by atoms with Gasteiger partial charge in [0.05, 0.1) is 18.6 Å². The maximum Gasteiger partial charge on any atom is 0.0672 e. The second-order valence-corrected chi connectivity index (χ2v) is 8.10. The van der Waals surface area contributed by atoms with Crippen LogP contribution in [-0.4, -0.2) is 35.2 Å². The van der Waals surface area contributed by atoms with Crippen molar-refractivity contribution in [2.45, 2.75) is 77.8 Å². The normalized spacial score (nSPS) is 36.0. The van der Waals surface area contributed by atoms with Crippen molar-refractivity contribution in [3.05, 3.63) is 0 Å². The molecule has 1 heterocycles. The zero-order valence-electron chi connectivity index (χ0n) is 14.0. The highest BCUT2D eigenvalue weighted by Crippen LogP contribution is 2.42. The summed E-state index contributed by atoms with van der Waals surface area (Å²) in [5.74, 6) is 0.838. The Labute approximate surface area is 130 Å². The average Bonchev–Trinajstić information content (AvgIpc) is 2.70. The first-order chi connectivity index (χ1) is 9.97. The first-order valence-electron chi connectivity index (χ1n) is 8.73. The minimum atomic E-state index is 0.149. The van der Waals surface area contributed by atoms with Crippen LogP contribution < -0.4 is 0 Å². The largest absolute Gasteiger partial charge is 0.395 e. The van der Waals surface area contributed by atoms with E-state index in [1.165, 1.54) is 25.7 Å². The molecular weight excluding hydrogens is 260 g/mol. The molecule has 0 spiro atoms. The van der Waals surface area contributed by atoms with E-state index in [0.29, 0.717) is 17.4 Å². The van der Waals surface area contributed by atoms with Crippen molar-refractivity contribution in [2.24, 2.45) is 17.3 Å². The molecular formula is C18H32N2O. The third kappa shape index (κ3) is 3.99. The fourth-order valence-electron chi connectivity index (χ4n) is 4.28. The van der Waals surface area contributed by atoms with Gasteiger partial charge in [0.15, 0.2) is 0 Å². The molecule has 1 saturated heterocycles. The van der Waals surface area contributed by atoms with E-state index in [4.69, 9.17) is 0 Å². The lowest BCUT2D eigenvalue weighted by Crippen LogP contribution is -2.51. The molecule has 2 rings (SSSR count). The van der Waals surface area contributed by atoms with Crippen LogP contribution in [0.1, 0.15) is 65.7 Å². The lowest BCUT2D eigenvalue weighted by atomic mass is 9.67. The van der Waals surface area contributed by atoms with Crippen molar-refractivity contribution in [3.8, 4) is 6.07 Å². The van der Waals surface area contributed by atoms with Crippen molar-refractivity contribution >= 4 is 0 Å². The maximum atomic E-state index is 9.78. The van der Waals surface area contributed by atoms with Gasteiger partial charge in [0.1, 0.15) is 0 Å². The highest BCUT2D eigenvalue weighted by atomic mass is 16.3. The van der Waals surface area contributed by atoms with Crippen LogP contribution in [0.2, 0.25) is 0 Å². The Hall–Kier alpha value is -0.590. The van der Waals surface area contributed by atoms with Gasteiger partial charge in [-0.1, -0.05) is 33.6 Å². The molecule has 4 atom stereocenters. The monoisotopic (exact) mass is 292 g/mol. The lowest BCUT2D eigenvalue weighted by molar-refractivity contribution is 0.0171. The molecule has 1 saturated carbocycles. The van der Waals surface area contributed by atoms with E-state index in [0.717, 1.165) is 25.8 Å². The highest BCUT2D eigenvalue weighted by Gasteiger charge is 2.40. The summed E-state index contributed by atoms with van der Waals surface area (Å²) in [5, 5.41) is 19.3. The Morgan fingerprint density at radius 3 is 2.52 bits per heavy atom. The molecule has 1 aliphatic heterocycles. The van der Waals surface area contributed by atoms with Crippen molar-refractivity contribution in [1.29, 1.82) is 5.26 Å². The molecule has 0 radical (unpaired) electrons. The molecule has 0 aromatic rings. The SMILES string of the molecule is CC(C)(C)C1CCC(C#N)C(N2CCCCCC2CO)C1. The summed E-state index contributed by atoms with van der Waals surface area (Å²) in [7, 11) is 0. The Balaban J connectivity index is 2.17. The summed E-state index contributed by atoms with van der Waals surface area (Å²) in [5.41, 5.74) is 0.319. The van der Waals surface area contributed by atoms with Crippen molar-refractivity contribution in [2.75, 3.05) is 13.2 Å². The predicted molar refractivity (Wildman–Crippen MR) is 85.7 cm³/mol. The number of aliphatic hydroxyl groups is 1. The first kappa shape index (κ1) is 16.8. The molecule has 4 unspecified atom stereocenters. The number of nitrogens with zero attached hydrogens (tertiary/aromatic N) is 2. The van der Waals surface area contributed by atoms with Crippen LogP contribution in [0.3, 0.4) is 0 Å². The number of nitriles is 1. The lowest BCUT2D eigenvalue weighted by Gasteiger charge is -2.46. The van der Waals surface area contributed by atoms with Gasteiger partial charge in [0.25, 0.3) is 0 Å². The minimum Gasteiger partial charge on any atom is -0.395 e. The number of hydrogen-bond donors (Lipinski definition) is 1. The topological polar surface area (TPSA) is 47.3 Å². The van der Waals surface area contributed by atoms with E-state index < -0.39 is 0 Å². The zero-order chi connectivity index (χ0) is 15.5. The first-order valence-corrected chi connectivity index (χ1v) is 8.73. The van der Waals surface area contributed by atoms with Crippen LogP contribution in [0.25, 0.3) is 0 Å². The third-order valence-corrected chi connectivity index (χ3v) is 5.77. The molecule has 0 aromatic carbocycles. The van der Waals surface area contributed by atoms with Crippen LogP contribution in [0, 0.1) is 28.6 Å². The fourth-order valence-corrected chi connectivity index (χ4v) is 4.28. The molecule has 0 aromatic heterocycles. The van der Waals surface area contributed by atoms with Crippen molar-refractivity contribution in [1.82, 2.24) is 4.90 Å². The summed E-state index contributed by atoms with van der Waals surface area (Å²) in [4.78, 5) is 2.50. The van der Waals surface area contributed by atoms with Gasteiger partial charge in [-0.05, 0) is 50.0 Å². The average molecular weight is 292 g/mol. The van der Waals surface area contributed by atoms with Crippen LogP contribution in [-0.2, 0) is 0 Å². The molecule has 1 N–H and O–H groups in total. The fraction of sp³-hybridized carbons (Fsp3) is 0.944. The molecule has 0 amide bonds. The maximum absolute atomic E-state index is 9.78. The second kappa shape index (κ2) is 7.11. The zero-order valence-corrected chi connectivity index (χ0v) is 14.0. The van der Waals surface area contributed by atoms with Gasteiger partial charge in [-0.25, -0.2) is 0 Å². The third-order valence-electron chi connectivity index (χ3n) is 5.77. The van der Waals surface area contributed by atoms with E-state index in [-0.39, 0.29) is 18.6 Å². The molecule has 2 aliphatic rings. The molecule has 0 bridgehead atoms. The van der Waals surface area contributed by atoms with Crippen LogP contribution >= 0.6 is 0 Å². The Morgan fingerprint density at radius 1 is 1.14 bits per heavy atom. The van der Waals surface area contributed by atoms with Gasteiger partial charge in [-0.2, -0.15) is 5.26 Å². The van der Waals surface area contributed by atoms with E-state index in [1.54, 1.807) is 0 Å². The molecule has 2 fully saturated rings. The number of likely N-dealkylation sites (tertiary alicyclic amines) is 1. The quantitative estimate of drug-likeness (QED) is 0.846. The van der Waals surface area contributed by atoms with E-state index in [1.807, 2.05) is 0 Å². The van der Waals surface area contributed by atoms with Crippen molar-refractivity contribution in [3.63, 3.8) is 0 Å². The van der Waals surface area contributed by atoms with E-state index in [9.17, 15) is 10.4 Å². The van der Waals surface area contributed by atoms with E-state index in [2.05, 4.69) is 31.7 Å². The summed E-state index contributed by atoms with van der Waals surface area (Å²) in [6.45, 7) is 8.29. The van der Waals surface area contributed by atoms with Crippen molar-refractivity contribution < 1.29 is 5.11 Å². The van der Waals surface area contributed by atoms with Gasteiger partial charge >= 0.3 is 0 Å². The highest BCUT2D eigenvalue weighted by molar-refractivity contribution is 5.01. The predicted octanol–water partition coefficient (Wildman–Crippen LogP) is 3.58. The summed E-state index contributed by atoms with van der Waals surface area (Å²) < 4.78 is 0. The number of hydrogen-bond acceptors (Lipinski definition) is 3. The summed E-state index contributed by atoms with van der Waals surface area (Å²) in [6.07, 6.45) is 8.11. The Kier molecular flexibility index (Phi) is 5.68. The van der Waals surface area contributed by atoms with Gasteiger partial charge in [-0.3, -0.25) is 4.90 Å². The van der Waals surface area contributed by atoms with Gasteiger partial charge in [0.2, 0.25) is 0 Å². The number of rotatable bonds is 2. The van der Waals surface area contributed by atoms with Gasteiger partial charge in [0, 0.05) is 12.1 Å². The van der Waals surface area contributed by atoms with E-state index >= 15 is 0 Å². The molecule has 3 heteroatoms. The Bertz CT molecular complexity index is 368. The second-order valence-electron chi connectivity index (χ2n) is 8.10. The smallest absolute Gasteiger partial charge is 0.0672 e. The summed E-state index contributed by atoms with van der Waals surface area (Å²) in [6, 6.07) is 3.19. The molecule has 120 valence electrons. The summed E-state index contributed by atoms with van der Waals surface area (Å²) >= 11 is 0. The molecule has 21 heavy (non-hydrogen) atoms. The standard InChI is InChI=1S/C18H32N2O/c1-18(2,3)15-9-8-14(12-19)17(11-15)20-10-6-4-5-7-16(20)13-21/h14-17,21H,4-11,13H2,1-3H3. The minimum absolute atomic E-state index is 0.149.